The SMILES string of the molecule is C=Cc1cccc(-c2cc(-c3ccc(-c4cccnc4)cc3)nc(-c3cccc(-c4c5ccccc5c(-c5cccc6ccccc56)c5ccccc45)c3)n2)c1C=C. The summed E-state index contributed by atoms with van der Waals surface area (Å²) < 4.78 is 0. The third kappa shape index (κ3) is 6.07. The molecule has 0 aliphatic heterocycles. The number of hydrogen-bond acceptors (Lipinski definition) is 3. The molecule has 10 aromatic rings. The summed E-state index contributed by atoms with van der Waals surface area (Å²) in [5.41, 5.74) is 13.5. The molecule has 0 saturated carbocycles. The van der Waals surface area contributed by atoms with E-state index in [0.717, 1.165) is 55.9 Å². The van der Waals surface area contributed by atoms with Crippen LogP contribution in [-0.4, -0.2) is 15.0 Å². The molecule has 0 bridgehead atoms. The molecule has 8 aromatic carbocycles. The Hall–Kier alpha value is -7.75. The van der Waals surface area contributed by atoms with Crippen molar-refractivity contribution in [3.05, 3.63) is 213 Å². The van der Waals surface area contributed by atoms with Gasteiger partial charge in [0.2, 0.25) is 0 Å². The quantitative estimate of drug-likeness (QED) is 0.146. The summed E-state index contributed by atoms with van der Waals surface area (Å²) in [5.74, 6) is 0.644. The third-order valence-corrected chi connectivity index (χ3v) is 11.1. The summed E-state index contributed by atoms with van der Waals surface area (Å²) in [6, 6.07) is 62.4. The van der Waals surface area contributed by atoms with Gasteiger partial charge in [0, 0.05) is 29.1 Å². The fraction of sp³-hybridized carbons (Fsp3) is 0. The molecule has 0 unspecified atom stereocenters. The van der Waals surface area contributed by atoms with Crippen molar-refractivity contribution in [3.8, 4) is 67.3 Å². The lowest BCUT2D eigenvalue weighted by atomic mass is 9.84. The highest BCUT2D eigenvalue weighted by Gasteiger charge is 2.19. The lowest BCUT2D eigenvalue weighted by Gasteiger charge is -2.19. The van der Waals surface area contributed by atoms with Crippen molar-refractivity contribution in [2.45, 2.75) is 0 Å². The summed E-state index contributed by atoms with van der Waals surface area (Å²) >= 11 is 0. The smallest absolute Gasteiger partial charge is 0.160 e. The van der Waals surface area contributed by atoms with E-state index in [0.29, 0.717) is 5.82 Å². The summed E-state index contributed by atoms with van der Waals surface area (Å²) in [5, 5.41) is 7.30. The molecule has 2 aromatic heterocycles. The highest BCUT2D eigenvalue weighted by Crippen LogP contribution is 2.45. The lowest BCUT2D eigenvalue weighted by Crippen LogP contribution is -1.98. The second kappa shape index (κ2) is 14.7. The van der Waals surface area contributed by atoms with Crippen LogP contribution in [0.1, 0.15) is 11.1 Å². The second-order valence-corrected chi connectivity index (χ2v) is 14.4. The molecule has 0 aliphatic carbocycles. The Morgan fingerprint density at radius 1 is 0.397 bits per heavy atom. The molecule has 272 valence electrons. The average molecular weight is 740 g/mol. The molecule has 2 heterocycles. The van der Waals surface area contributed by atoms with Crippen LogP contribution in [0.3, 0.4) is 0 Å². The molecule has 3 heteroatoms. The van der Waals surface area contributed by atoms with Crippen LogP contribution in [0.2, 0.25) is 0 Å². The Kier molecular flexibility index (Phi) is 8.81. The Labute approximate surface area is 338 Å². The molecule has 58 heavy (non-hydrogen) atoms. The minimum atomic E-state index is 0.644. The number of rotatable bonds is 8. The van der Waals surface area contributed by atoms with Crippen LogP contribution in [0.25, 0.3) is 112 Å². The maximum absolute atomic E-state index is 5.29. The van der Waals surface area contributed by atoms with Crippen molar-refractivity contribution >= 4 is 44.5 Å². The van der Waals surface area contributed by atoms with Crippen LogP contribution >= 0.6 is 0 Å². The molecule has 0 saturated heterocycles. The second-order valence-electron chi connectivity index (χ2n) is 14.4. The highest BCUT2D eigenvalue weighted by atomic mass is 14.9. The summed E-state index contributed by atoms with van der Waals surface area (Å²) in [4.78, 5) is 14.9. The van der Waals surface area contributed by atoms with Crippen LogP contribution in [0.15, 0.2) is 201 Å². The van der Waals surface area contributed by atoms with Crippen molar-refractivity contribution in [3.63, 3.8) is 0 Å². The fourth-order valence-corrected chi connectivity index (χ4v) is 8.43. The largest absolute Gasteiger partial charge is 0.264 e. The van der Waals surface area contributed by atoms with Gasteiger partial charge in [0.15, 0.2) is 5.82 Å². The number of hydrogen-bond donors (Lipinski definition) is 0. The minimum Gasteiger partial charge on any atom is -0.264 e. The van der Waals surface area contributed by atoms with E-state index in [-0.39, 0.29) is 0 Å². The number of benzene rings is 8. The Morgan fingerprint density at radius 2 is 0.983 bits per heavy atom. The predicted octanol–water partition coefficient (Wildman–Crippen LogP) is 14.6. The van der Waals surface area contributed by atoms with Gasteiger partial charge in [0.1, 0.15) is 0 Å². The van der Waals surface area contributed by atoms with E-state index in [1.165, 1.54) is 49.0 Å². The number of fused-ring (bicyclic) bond motifs is 3. The number of aromatic nitrogens is 3. The molecule has 0 radical (unpaired) electrons. The van der Waals surface area contributed by atoms with Crippen LogP contribution < -0.4 is 0 Å². The average Bonchev–Trinajstić information content (AvgIpc) is 3.30. The molecule has 0 N–H and O–H groups in total. The Morgan fingerprint density at radius 3 is 1.69 bits per heavy atom. The predicted molar refractivity (Wildman–Crippen MR) is 245 cm³/mol. The van der Waals surface area contributed by atoms with Crippen LogP contribution in [0.5, 0.6) is 0 Å². The summed E-state index contributed by atoms with van der Waals surface area (Å²) in [6.07, 6.45) is 7.43. The first-order valence-corrected chi connectivity index (χ1v) is 19.5. The molecule has 0 amide bonds. The van der Waals surface area contributed by atoms with Gasteiger partial charge in [-0.15, -0.1) is 0 Å². The first-order chi connectivity index (χ1) is 28.7. The van der Waals surface area contributed by atoms with E-state index in [1.807, 2.05) is 30.5 Å². The van der Waals surface area contributed by atoms with Crippen molar-refractivity contribution in [2.75, 3.05) is 0 Å². The van der Waals surface area contributed by atoms with E-state index in [9.17, 15) is 0 Å². The summed E-state index contributed by atoms with van der Waals surface area (Å²) in [6.45, 7) is 8.23. The van der Waals surface area contributed by atoms with E-state index >= 15 is 0 Å². The zero-order valence-corrected chi connectivity index (χ0v) is 31.8. The zero-order chi connectivity index (χ0) is 39.0. The number of pyridine rings is 1. The molecule has 3 nitrogen and oxygen atoms in total. The van der Waals surface area contributed by atoms with Crippen molar-refractivity contribution in [2.24, 2.45) is 0 Å². The van der Waals surface area contributed by atoms with E-state index in [4.69, 9.17) is 9.97 Å². The zero-order valence-electron chi connectivity index (χ0n) is 31.8. The van der Waals surface area contributed by atoms with E-state index in [2.05, 4.69) is 182 Å². The fourth-order valence-electron chi connectivity index (χ4n) is 8.43. The van der Waals surface area contributed by atoms with Gasteiger partial charge < -0.3 is 0 Å². The first kappa shape index (κ1) is 34.7. The number of nitrogens with zero attached hydrogens (tertiary/aromatic N) is 3. The molecule has 0 aliphatic rings. The third-order valence-electron chi connectivity index (χ3n) is 11.1. The molecule has 0 spiro atoms. The van der Waals surface area contributed by atoms with Gasteiger partial charge in [-0.3, -0.25) is 4.98 Å². The molecule has 0 atom stereocenters. The maximum Gasteiger partial charge on any atom is 0.160 e. The normalized spacial score (nSPS) is 11.2. The van der Waals surface area contributed by atoms with Gasteiger partial charge in [0.05, 0.1) is 11.4 Å². The maximum atomic E-state index is 5.29. The Bertz CT molecular complexity index is 3140. The molecular weight excluding hydrogens is 703 g/mol. The molecule has 10 rings (SSSR count). The standard InChI is InChI=1S/C55H37N3/c1-3-36-16-12-26-45(43(36)4-2)52-34-51(39-30-28-37(29-31-39)42-20-14-32-56-35-42)57-55(58-52)41-19-11-18-40(33-41)53-47-22-7-9-24-49(47)54(50-25-10-8-23-48(50)53)46-27-13-17-38-15-5-6-21-44(38)46/h3-35H,1-2H2. The van der Waals surface area contributed by atoms with Crippen LogP contribution in [0, 0.1) is 0 Å². The van der Waals surface area contributed by atoms with Crippen molar-refractivity contribution < 1.29 is 0 Å². The first-order valence-electron chi connectivity index (χ1n) is 19.5. The van der Waals surface area contributed by atoms with Gasteiger partial charge in [-0.05, 0) is 95.0 Å². The van der Waals surface area contributed by atoms with E-state index in [1.54, 1.807) is 6.20 Å². The topological polar surface area (TPSA) is 38.7 Å². The Balaban J connectivity index is 1.18. The van der Waals surface area contributed by atoms with Crippen molar-refractivity contribution in [1.82, 2.24) is 15.0 Å². The molecule has 0 fully saturated rings. The monoisotopic (exact) mass is 739 g/mol. The van der Waals surface area contributed by atoms with Crippen LogP contribution in [0.4, 0.5) is 0 Å². The van der Waals surface area contributed by atoms with Gasteiger partial charge in [0.25, 0.3) is 0 Å². The van der Waals surface area contributed by atoms with Gasteiger partial charge in [-0.1, -0.05) is 183 Å². The van der Waals surface area contributed by atoms with Gasteiger partial charge >= 0.3 is 0 Å². The minimum absolute atomic E-state index is 0.644. The lowest BCUT2D eigenvalue weighted by molar-refractivity contribution is 1.18. The van der Waals surface area contributed by atoms with Crippen molar-refractivity contribution in [1.29, 1.82) is 0 Å². The molecular formula is C55H37N3. The summed E-state index contributed by atoms with van der Waals surface area (Å²) in [7, 11) is 0. The highest BCUT2D eigenvalue weighted by molar-refractivity contribution is 6.23. The van der Waals surface area contributed by atoms with E-state index < -0.39 is 0 Å². The van der Waals surface area contributed by atoms with Crippen LogP contribution in [-0.2, 0) is 0 Å². The van der Waals surface area contributed by atoms with Gasteiger partial charge in [-0.2, -0.15) is 0 Å². The van der Waals surface area contributed by atoms with Gasteiger partial charge in [-0.25, -0.2) is 9.97 Å².